The van der Waals surface area contributed by atoms with Crippen LogP contribution in [0.25, 0.3) is 0 Å². The fraction of sp³-hybridized carbons (Fsp3) is 1.00. The molecule has 0 aromatic heterocycles. The predicted molar refractivity (Wildman–Crippen MR) is 71.0 cm³/mol. The summed E-state index contributed by atoms with van der Waals surface area (Å²) in [5, 5.41) is 11.1. The Labute approximate surface area is 115 Å². The largest absolute Gasteiger partial charge is 0.388 e. The number of rotatable bonds is 2. The molecule has 1 N–H and O–H groups in total. The molecule has 19 heavy (non-hydrogen) atoms. The van der Waals surface area contributed by atoms with Crippen LogP contribution < -0.4 is 0 Å². The molecule has 4 nitrogen and oxygen atoms in total. The van der Waals surface area contributed by atoms with Crippen molar-refractivity contribution in [3.63, 3.8) is 0 Å². The zero-order valence-corrected chi connectivity index (χ0v) is 11.6. The van der Waals surface area contributed by atoms with Crippen molar-refractivity contribution < 1.29 is 14.6 Å². The lowest BCUT2D eigenvalue weighted by molar-refractivity contribution is -0.139. The van der Waals surface area contributed by atoms with Gasteiger partial charge in [-0.1, -0.05) is 0 Å². The van der Waals surface area contributed by atoms with Crippen molar-refractivity contribution in [1.29, 1.82) is 0 Å². The van der Waals surface area contributed by atoms with E-state index in [1.54, 1.807) is 0 Å². The van der Waals surface area contributed by atoms with E-state index in [4.69, 9.17) is 9.47 Å². The van der Waals surface area contributed by atoms with Gasteiger partial charge in [0.1, 0.15) is 0 Å². The third kappa shape index (κ3) is 2.23. The summed E-state index contributed by atoms with van der Waals surface area (Å²) in [6.07, 6.45) is 6.62. The van der Waals surface area contributed by atoms with Crippen LogP contribution in [0, 0.1) is 5.92 Å². The van der Waals surface area contributed by atoms with Gasteiger partial charge >= 0.3 is 0 Å². The van der Waals surface area contributed by atoms with Crippen LogP contribution in [-0.2, 0) is 9.47 Å². The highest BCUT2D eigenvalue weighted by atomic mass is 16.6. The lowest BCUT2D eigenvalue weighted by Crippen LogP contribution is -2.50. The smallest absolute Gasteiger partial charge is 0.0940 e. The number of nitrogens with zero attached hydrogens (tertiary/aromatic N) is 1. The van der Waals surface area contributed by atoms with Crippen LogP contribution in [0.4, 0.5) is 0 Å². The zero-order valence-electron chi connectivity index (χ0n) is 11.6. The van der Waals surface area contributed by atoms with E-state index in [1.807, 2.05) is 0 Å². The van der Waals surface area contributed by atoms with E-state index >= 15 is 0 Å². The monoisotopic (exact) mass is 267 g/mol. The summed E-state index contributed by atoms with van der Waals surface area (Å²) in [4.78, 5) is 2.51. The highest BCUT2D eigenvalue weighted by molar-refractivity contribution is 5.03. The quantitative estimate of drug-likeness (QED) is 0.815. The van der Waals surface area contributed by atoms with E-state index in [0.29, 0.717) is 5.92 Å². The van der Waals surface area contributed by atoms with Gasteiger partial charge in [0.2, 0.25) is 0 Å². The molecule has 0 aromatic carbocycles. The molecule has 3 heterocycles. The molecule has 0 bridgehead atoms. The molecule has 3 saturated heterocycles. The Hall–Kier alpha value is -0.160. The molecule has 0 aromatic rings. The van der Waals surface area contributed by atoms with Gasteiger partial charge in [-0.3, -0.25) is 4.90 Å². The molecular weight excluding hydrogens is 242 g/mol. The molecule has 4 fully saturated rings. The fourth-order valence-corrected chi connectivity index (χ4v) is 4.28. The maximum Gasteiger partial charge on any atom is 0.0940 e. The van der Waals surface area contributed by atoms with Gasteiger partial charge < -0.3 is 14.6 Å². The van der Waals surface area contributed by atoms with Crippen molar-refractivity contribution in [1.82, 2.24) is 4.90 Å². The molecule has 1 saturated carbocycles. The molecular formula is C15H25NO3. The van der Waals surface area contributed by atoms with Gasteiger partial charge in [0.15, 0.2) is 0 Å². The normalized spacial score (nSPS) is 48.2. The van der Waals surface area contributed by atoms with Gasteiger partial charge in [-0.05, 0) is 38.0 Å². The SMILES string of the molecule is OC1(C2CCOC3(CCOC3)C2)CCN(C2CC2)C1. The van der Waals surface area contributed by atoms with Crippen LogP contribution in [0.3, 0.4) is 0 Å². The van der Waals surface area contributed by atoms with Gasteiger partial charge in [-0.2, -0.15) is 0 Å². The van der Waals surface area contributed by atoms with Crippen molar-refractivity contribution in [2.45, 2.75) is 55.8 Å². The summed E-state index contributed by atoms with van der Waals surface area (Å²) < 4.78 is 11.5. The molecule has 3 unspecified atom stereocenters. The van der Waals surface area contributed by atoms with Gasteiger partial charge in [-0.25, -0.2) is 0 Å². The Bertz CT molecular complexity index is 351. The average Bonchev–Trinajstić information content (AvgIpc) is 3.06. The summed E-state index contributed by atoms with van der Waals surface area (Å²) in [6.45, 7) is 4.31. The van der Waals surface area contributed by atoms with Crippen molar-refractivity contribution in [2.24, 2.45) is 5.92 Å². The van der Waals surface area contributed by atoms with Gasteiger partial charge in [0.05, 0.1) is 17.8 Å². The van der Waals surface area contributed by atoms with Gasteiger partial charge in [-0.15, -0.1) is 0 Å². The number of β-amino-alcohol motifs (C(OH)–C–C–N with tert-alkyl or cyclic N) is 1. The Kier molecular flexibility index (Phi) is 2.92. The summed E-state index contributed by atoms with van der Waals surface area (Å²) in [7, 11) is 0. The minimum atomic E-state index is -0.470. The number of ether oxygens (including phenoxy) is 2. The van der Waals surface area contributed by atoms with E-state index in [0.717, 1.165) is 64.6 Å². The van der Waals surface area contributed by atoms with Crippen molar-refractivity contribution in [3.05, 3.63) is 0 Å². The zero-order chi connectivity index (χ0) is 12.9. The second-order valence-corrected chi connectivity index (χ2v) is 7.08. The highest BCUT2D eigenvalue weighted by Crippen LogP contribution is 2.44. The molecule has 4 aliphatic rings. The molecule has 0 radical (unpaired) electrons. The first kappa shape index (κ1) is 12.6. The van der Waals surface area contributed by atoms with Gasteiger partial charge in [0.25, 0.3) is 0 Å². The maximum absolute atomic E-state index is 11.1. The number of likely N-dealkylation sites (tertiary alicyclic amines) is 1. The van der Waals surface area contributed by atoms with E-state index in [9.17, 15) is 5.11 Å². The van der Waals surface area contributed by atoms with Crippen LogP contribution in [0.5, 0.6) is 0 Å². The van der Waals surface area contributed by atoms with Crippen LogP contribution in [-0.4, -0.2) is 60.2 Å². The second-order valence-electron chi connectivity index (χ2n) is 7.08. The summed E-state index contributed by atoms with van der Waals surface area (Å²) >= 11 is 0. The van der Waals surface area contributed by atoms with Crippen molar-refractivity contribution in [2.75, 3.05) is 32.9 Å². The maximum atomic E-state index is 11.1. The molecule has 1 aliphatic carbocycles. The molecule has 1 spiro atoms. The average molecular weight is 267 g/mol. The van der Waals surface area contributed by atoms with E-state index in [2.05, 4.69) is 4.90 Å². The van der Waals surface area contributed by atoms with Gasteiger partial charge in [0, 0.05) is 38.8 Å². The van der Waals surface area contributed by atoms with Crippen LogP contribution >= 0.6 is 0 Å². The Morgan fingerprint density at radius 2 is 2.00 bits per heavy atom. The molecule has 3 atom stereocenters. The number of aliphatic hydroxyl groups is 1. The molecule has 108 valence electrons. The Morgan fingerprint density at radius 1 is 1.11 bits per heavy atom. The van der Waals surface area contributed by atoms with E-state index in [-0.39, 0.29) is 5.60 Å². The number of hydrogen-bond acceptors (Lipinski definition) is 4. The Balaban J connectivity index is 1.45. The third-order valence-electron chi connectivity index (χ3n) is 5.69. The number of hydrogen-bond donors (Lipinski definition) is 1. The van der Waals surface area contributed by atoms with E-state index < -0.39 is 5.60 Å². The van der Waals surface area contributed by atoms with E-state index in [1.165, 1.54) is 12.8 Å². The fourth-order valence-electron chi connectivity index (χ4n) is 4.28. The second kappa shape index (κ2) is 4.42. The van der Waals surface area contributed by atoms with Crippen LogP contribution in [0.15, 0.2) is 0 Å². The lowest BCUT2D eigenvalue weighted by atomic mass is 9.75. The first-order valence-corrected chi connectivity index (χ1v) is 7.87. The first-order chi connectivity index (χ1) is 9.19. The predicted octanol–water partition coefficient (Wildman–Crippen LogP) is 1.17. The summed E-state index contributed by atoms with van der Waals surface area (Å²) in [5.74, 6) is 0.395. The molecule has 0 amide bonds. The Morgan fingerprint density at radius 3 is 2.74 bits per heavy atom. The topological polar surface area (TPSA) is 41.9 Å². The highest BCUT2D eigenvalue weighted by Gasteiger charge is 2.51. The van der Waals surface area contributed by atoms with Crippen molar-refractivity contribution >= 4 is 0 Å². The standard InChI is InChI=1S/C15H25NO3/c17-15(4-6-16(10-15)13-1-2-13)12-3-7-19-14(9-12)5-8-18-11-14/h12-13,17H,1-11H2. The van der Waals surface area contributed by atoms with Crippen LogP contribution in [0.1, 0.15) is 38.5 Å². The lowest BCUT2D eigenvalue weighted by Gasteiger charge is -2.43. The minimum Gasteiger partial charge on any atom is -0.388 e. The summed E-state index contributed by atoms with van der Waals surface area (Å²) in [6, 6.07) is 0.776. The first-order valence-electron chi connectivity index (χ1n) is 7.87. The minimum absolute atomic E-state index is 0.0777. The van der Waals surface area contributed by atoms with Crippen LogP contribution in [0.2, 0.25) is 0 Å². The molecule has 4 rings (SSSR count). The molecule has 3 aliphatic heterocycles. The third-order valence-corrected chi connectivity index (χ3v) is 5.69. The molecule has 4 heteroatoms. The van der Waals surface area contributed by atoms with Crippen molar-refractivity contribution in [3.8, 4) is 0 Å². The summed E-state index contributed by atoms with van der Waals surface area (Å²) in [5.41, 5.74) is -0.548.